The third-order valence-electron chi connectivity index (χ3n) is 3.82. The molecule has 20 heavy (non-hydrogen) atoms. The second-order valence-corrected chi connectivity index (χ2v) is 6.49. The first-order valence-electron chi connectivity index (χ1n) is 7.66. The van der Waals surface area contributed by atoms with Crippen LogP contribution in [0.15, 0.2) is 24.3 Å². The Morgan fingerprint density at radius 2 is 2.05 bits per heavy atom. The van der Waals surface area contributed by atoms with Crippen molar-refractivity contribution in [2.45, 2.75) is 45.3 Å². The van der Waals surface area contributed by atoms with Gasteiger partial charge in [0.05, 0.1) is 12.2 Å². The highest BCUT2D eigenvalue weighted by atomic mass is 16.5. The number of rotatable bonds is 4. The molecule has 3 heteroatoms. The molecule has 1 unspecified atom stereocenters. The molecule has 0 aromatic heterocycles. The van der Waals surface area contributed by atoms with Crippen LogP contribution in [0.4, 0.5) is 5.69 Å². The molecule has 0 aliphatic carbocycles. The summed E-state index contributed by atoms with van der Waals surface area (Å²) in [4.78, 5) is 2.47. The minimum absolute atomic E-state index is 0.0567. The van der Waals surface area contributed by atoms with E-state index >= 15 is 0 Å². The Kier molecular flexibility index (Phi) is 5.06. The summed E-state index contributed by atoms with van der Waals surface area (Å²) in [5.74, 6) is 0. The van der Waals surface area contributed by atoms with Gasteiger partial charge in [0.1, 0.15) is 0 Å². The van der Waals surface area contributed by atoms with E-state index in [4.69, 9.17) is 4.74 Å². The molecule has 1 heterocycles. The van der Waals surface area contributed by atoms with Crippen molar-refractivity contribution in [3.05, 3.63) is 29.8 Å². The fraction of sp³-hybridized carbons (Fsp3) is 0.647. The van der Waals surface area contributed by atoms with E-state index in [1.807, 2.05) is 0 Å². The van der Waals surface area contributed by atoms with Gasteiger partial charge in [0, 0.05) is 24.8 Å². The summed E-state index contributed by atoms with van der Waals surface area (Å²) < 4.78 is 5.88. The minimum atomic E-state index is -0.0567. The second-order valence-electron chi connectivity index (χ2n) is 6.49. The van der Waals surface area contributed by atoms with Crippen molar-refractivity contribution < 1.29 is 4.74 Å². The molecule has 0 saturated heterocycles. The number of nitrogens with zero attached hydrogens (tertiary/aromatic N) is 1. The van der Waals surface area contributed by atoms with Crippen LogP contribution in [0.2, 0.25) is 0 Å². The molecular weight excluding hydrogens is 248 g/mol. The second kappa shape index (κ2) is 6.59. The van der Waals surface area contributed by atoms with Gasteiger partial charge in [-0.2, -0.15) is 0 Å². The number of benzene rings is 1. The normalized spacial score (nSPS) is 19.6. The number of hydrogen-bond donors (Lipinski definition) is 1. The number of para-hydroxylation sites is 1. The molecule has 0 radical (unpaired) electrons. The quantitative estimate of drug-likeness (QED) is 0.912. The lowest BCUT2D eigenvalue weighted by Crippen LogP contribution is -2.31. The molecule has 2 rings (SSSR count). The fourth-order valence-corrected chi connectivity index (χ4v) is 2.83. The molecule has 1 aromatic rings. The molecule has 0 bridgehead atoms. The molecule has 112 valence electrons. The Labute approximate surface area is 123 Å². The molecule has 0 fully saturated rings. The van der Waals surface area contributed by atoms with Crippen LogP contribution in [0.1, 0.15) is 45.2 Å². The van der Waals surface area contributed by atoms with E-state index in [1.54, 1.807) is 0 Å². The lowest BCUT2D eigenvalue weighted by molar-refractivity contribution is 0.00136. The van der Waals surface area contributed by atoms with Crippen molar-refractivity contribution in [3.8, 4) is 0 Å². The van der Waals surface area contributed by atoms with E-state index < -0.39 is 0 Å². The maximum atomic E-state index is 5.88. The summed E-state index contributed by atoms with van der Waals surface area (Å²) in [6.07, 6.45) is 2.42. The Morgan fingerprint density at radius 1 is 1.30 bits per heavy atom. The topological polar surface area (TPSA) is 24.5 Å². The summed E-state index contributed by atoms with van der Waals surface area (Å²) in [6, 6.07) is 9.23. The van der Waals surface area contributed by atoms with Crippen LogP contribution in [0.25, 0.3) is 0 Å². The molecule has 1 aliphatic rings. The summed E-state index contributed by atoms with van der Waals surface area (Å²) in [7, 11) is 2.06. The summed E-state index contributed by atoms with van der Waals surface area (Å²) in [5.41, 5.74) is 2.73. The largest absolute Gasteiger partial charge is 0.374 e. The molecular formula is C17H28N2O. The molecule has 1 N–H and O–H groups in total. The lowest BCUT2D eigenvalue weighted by Gasteiger charge is -2.28. The van der Waals surface area contributed by atoms with Crippen molar-refractivity contribution in [2.75, 3.05) is 31.6 Å². The molecule has 0 spiro atoms. The predicted octanol–water partition coefficient (Wildman–Crippen LogP) is 3.36. The van der Waals surface area contributed by atoms with E-state index in [0.717, 1.165) is 19.7 Å². The van der Waals surface area contributed by atoms with E-state index in [2.05, 4.69) is 62.3 Å². The number of anilines is 1. The maximum Gasteiger partial charge on any atom is 0.0648 e. The van der Waals surface area contributed by atoms with Crippen LogP contribution in [0.5, 0.6) is 0 Å². The first-order chi connectivity index (χ1) is 9.51. The molecule has 0 amide bonds. The number of fused-ring (bicyclic) bond motifs is 1. The van der Waals surface area contributed by atoms with Gasteiger partial charge in [0.2, 0.25) is 0 Å². The first-order valence-corrected chi connectivity index (χ1v) is 7.66. The Balaban J connectivity index is 2.09. The van der Waals surface area contributed by atoms with E-state index in [-0.39, 0.29) is 5.60 Å². The monoisotopic (exact) mass is 276 g/mol. The average Bonchev–Trinajstić information content (AvgIpc) is 2.57. The molecule has 1 aliphatic heterocycles. The van der Waals surface area contributed by atoms with Gasteiger partial charge in [-0.05, 0) is 52.3 Å². The van der Waals surface area contributed by atoms with Gasteiger partial charge in [-0.25, -0.2) is 0 Å². The maximum absolute atomic E-state index is 5.88. The lowest BCUT2D eigenvalue weighted by atomic mass is 10.0. The summed E-state index contributed by atoms with van der Waals surface area (Å²) in [5, 5.41) is 3.44. The Bertz CT molecular complexity index is 425. The van der Waals surface area contributed by atoms with Crippen LogP contribution in [0, 0.1) is 0 Å². The van der Waals surface area contributed by atoms with Crippen molar-refractivity contribution in [1.29, 1.82) is 0 Å². The minimum Gasteiger partial charge on any atom is -0.374 e. The first kappa shape index (κ1) is 15.3. The van der Waals surface area contributed by atoms with E-state index in [0.29, 0.717) is 6.04 Å². The average molecular weight is 276 g/mol. The highest BCUT2D eigenvalue weighted by Crippen LogP contribution is 2.32. The van der Waals surface area contributed by atoms with Gasteiger partial charge in [-0.3, -0.25) is 0 Å². The third kappa shape index (κ3) is 3.97. The predicted molar refractivity (Wildman–Crippen MR) is 85.4 cm³/mol. The smallest absolute Gasteiger partial charge is 0.0648 e. The van der Waals surface area contributed by atoms with Gasteiger partial charge in [0.15, 0.2) is 0 Å². The fourth-order valence-electron chi connectivity index (χ4n) is 2.83. The van der Waals surface area contributed by atoms with Gasteiger partial charge in [-0.15, -0.1) is 0 Å². The van der Waals surface area contributed by atoms with Crippen LogP contribution in [0.3, 0.4) is 0 Å². The molecule has 1 aromatic carbocycles. The van der Waals surface area contributed by atoms with E-state index in [9.17, 15) is 0 Å². The zero-order chi connectivity index (χ0) is 14.6. The van der Waals surface area contributed by atoms with Crippen LogP contribution in [-0.2, 0) is 4.74 Å². The van der Waals surface area contributed by atoms with Crippen molar-refractivity contribution >= 4 is 5.69 Å². The molecule has 1 atom stereocenters. The van der Waals surface area contributed by atoms with Crippen molar-refractivity contribution in [3.63, 3.8) is 0 Å². The van der Waals surface area contributed by atoms with Crippen LogP contribution >= 0.6 is 0 Å². The highest BCUT2D eigenvalue weighted by molar-refractivity contribution is 5.55. The Morgan fingerprint density at radius 3 is 2.75 bits per heavy atom. The number of hydrogen-bond acceptors (Lipinski definition) is 3. The van der Waals surface area contributed by atoms with Gasteiger partial charge in [0.25, 0.3) is 0 Å². The summed E-state index contributed by atoms with van der Waals surface area (Å²) >= 11 is 0. The van der Waals surface area contributed by atoms with E-state index in [1.165, 1.54) is 24.1 Å². The number of nitrogens with one attached hydrogen (secondary N) is 1. The summed E-state index contributed by atoms with van der Waals surface area (Å²) in [6.45, 7) is 9.19. The van der Waals surface area contributed by atoms with Gasteiger partial charge < -0.3 is 15.0 Å². The zero-order valence-corrected chi connectivity index (χ0v) is 13.3. The number of ether oxygens (including phenoxy) is 1. The van der Waals surface area contributed by atoms with Crippen LogP contribution in [-0.4, -0.2) is 32.3 Å². The Hall–Kier alpha value is -1.06. The van der Waals surface area contributed by atoms with Crippen molar-refractivity contribution in [1.82, 2.24) is 5.32 Å². The third-order valence-corrected chi connectivity index (χ3v) is 3.82. The highest BCUT2D eigenvalue weighted by Gasteiger charge is 2.21. The van der Waals surface area contributed by atoms with Crippen molar-refractivity contribution in [2.24, 2.45) is 0 Å². The van der Waals surface area contributed by atoms with Gasteiger partial charge in [-0.1, -0.05) is 18.2 Å². The molecule has 3 nitrogen and oxygen atoms in total. The zero-order valence-electron chi connectivity index (χ0n) is 13.3. The van der Waals surface area contributed by atoms with Crippen LogP contribution < -0.4 is 10.2 Å². The SMILES string of the molecule is CNC1CCCN(CCOC(C)(C)C)c2ccccc21. The van der Waals surface area contributed by atoms with Gasteiger partial charge >= 0.3 is 0 Å². The molecule has 0 saturated carbocycles. The standard InChI is InChI=1S/C17H28N2O/c1-17(2,3)20-13-12-19-11-7-9-15(18-4)14-8-5-6-10-16(14)19/h5-6,8,10,15,18H,7,9,11-13H2,1-4H3.